The zero-order chi connectivity index (χ0) is 11.1. The summed E-state index contributed by atoms with van der Waals surface area (Å²) in [6.45, 7) is 5.09. The standard InChI is InChI=1S/C12H17NO2/c1-3-10(2)13-12-6-4-11(5-7-12)8-15-9-14/h4-7,9-10,13H,3,8H2,1-2H3. The van der Waals surface area contributed by atoms with Crippen molar-refractivity contribution < 1.29 is 9.53 Å². The van der Waals surface area contributed by atoms with Gasteiger partial charge in [-0.25, -0.2) is 0 Å². The first kappa shape index (κ1) is 11.6. The minimum absolute atomic E-state index is 0.340. The van der Waals surface area contributed by atoms with E-state index in [1.54, 1.807) is 0 Å². The Hall–Kier alpha value is -1.51. The SMILES string of the molecule is CCC(C)Nc1ccc(COC=O)cc1. The van der Waals surface area contributed by atoms with Crippen LogP contribution in [-0.4, -0.2) is 12.5 Å². The molecule has 0 saturated carbocycles. The molecule has 82 valence electrons. The summed E-state index contributed by atoms with van der Waals surface area (Å²) in [5.41, 5.74) is 2.09. The van der Waals surface area contributed by atoms with Gasteiger partial charge in [-0.2, -0.15) is 0 Å². The van der Waals surface area contributed by atoms with Gasteiger partial charge >= 0.3 is 0 Å². The molecule has 0 heterocycles. The zero-order valence-corrected chi connectivity index (χ0v) is 9.19. The molecule has 0 aliphatic heterocycles. The first-order valence-corrected chi connectivity index (χ1v) is 5.17. The van der Waals surface area contributed by atoms with Crippen LogP contribution in [0.5, 0.6) is 0 Å². The van der Waals surface area contributed by atoms with Crippen molar-refractivity contribution in [1.82, 2.24) is 0 Å². The van der Waals surface area contributed by atoms with Crippen molar-refractivity contribution in [3.8, 4) is 0 Å². The van der Waals surface area contributed by atoms with Crippen molar-refractivity contribution >= 4 is 12.2 Å². The first-order valence-electron chi connectivity index (χ1n) is 5.17. The molecule has 1 aromatic rings. The van der Waals surface area contributed by atoms with Crippen LogP contribution in [0.3, 0.4) is 0 Å². The number of carbonyl (C=O) groups excluding carboxylic acids is 1. The summed E-state index contributed by atoms with van der Waals surface area (Å²) in [6, 6.07) is 8.37. The lowest BCUT2D eigenvalue weighted by atomic mass is 10.2. The Balaban J connectivity index is 2.52. The van der Waals surface area contributed by atoms with Crippen molar-refractivity contribution in [2.75, 3.05) is 5.32 Å². The van der Waals surface area contributed by atoms with Crippen LogP contribution in [0.25, 0.3) is 0 Å². The molecular weight excluding hydrogens is 190 g/mol. The number of hydrogen-bond acceptors (Lipinski definition) is 3. The third-order valence-electron chi connectivity index (χ3n) is 2.30. The van der Waals surface area contributed by atoms with Crippen molar-refractivity contribution in [1.29, 1.82) is 0 Å². The second-order valence-electron chi connectivity index (χ2n) is 3.56. The molecule has 1 atom stereocenters. The highest BCUT2D eigenvalue weighted by Crippen LogP contribution is 2.12. The van der Waals surface area contributed by atoms with E-state index in [-0.39, 0.29) is 0 Å². The Kier molecular flexibility index (Phi) is 4.68. The monoisotopic (exact) mass is 207 g/mol. The van der Waals surface area contributed by atoms with Gasteiger partial charge in [-0.15, -0.1) is 0 Å². The summed E-state index contributed by atoms with van der Waals surface area (Å²) < 4.78 is 4.66. The highest BCUT2D eigenvalue weighted by Gasteiger charge is 1.98. The average molecular weight is 207 g/mol. The molecule has 0 bridgehead atoms. The van der Waals surface area contributed by atoms with E-state index in [4.69, 9.17) is 0 Å². The van der Waals surface area contributed by atoms with Gasteiger partial charge in [-0.05, 0) is 31.0 Å². The summed E-state index contributed by atoms with van der Waals surface area (Å²) >= 11 is 0. The smallest absolute Gasteiger partial charge is 0.293 e. The van der Waals surface area contributed by atoms with Gasteiger partial charge in [0.25, 0.3) is 6.47 Å². The van der Waals surface area contributed by atoms with Crippen LogP contribution < -0.4 is 5.32 Å². The maximum atomic E-state index is 9.99. The number of carbonyl (C=O) groups is 1. The Bertz CT molecular complexity index is 295. The van der Waals surface area contributed by atoms with E-state index in [9.17, 15) is 4.79 Å². The molecule has 1 rings (SSSR count). The van der Waals surface area contributed by atoms with E-state index in [0.29, 0.717) is 19.1 Å². The largest absolute Gasteiger partial charge is 0.463 e. The lowest BCUT2D eigenvalue weighted by molar-refractivity contribution is -0.129. The Labute approximate surface area is 90.4 Å². The molecule has 0 aliphatic rings. The number of ether oxygens (including phenoxy) is 1. The fourth-order valence-electron chi connectivity index (χ4n) is 1.21. The molecule has 1 unspecified atom stereocenters. The van der Waals surface area contributed by atoms with Crippen molar-refractivity contribution in [2.45, 2.75) is 32.9 Å². The van der Waals surface area contributed by atoms with Gasteiger partial charge in [-0.1, -0.05) is 19.1 Å². The van der Waals surface area contributed by atoms with Crippen LogP contribution in [0.1, 0.15) is 25.8 Å². The molecule has 1 N–H and O–H groups in total. The molecule has 3 nitrogen and oxygen atoms in total. The molecular formula is C12H17NO2. The summed E-state index contributed by atoms with van der Waals surface area (Å²) in [6.07, 6.45) is 1.09. The van der Waals surface area contributed by atoms with Crippen LogP contribution in [0.2, 0.25) is 0 Å². The summed E-state index contributed by atoms with van der Waals surface area (Å²) in [4.78, 5) is 9.99. The quantitative estimate of drug-likeness (QED) is 0.728. The maximum Gasteiger partial charge on any atom is 0.293 e. The Morgan fingerprint density at radius 2 is 2.07 bits per heavy atom. The first-order chi connectivity index (χ1) is 7.26. The van der Waals surface area contributed by atoms with E-state index >= 15 is 0 Å². The van der Waals surface area contributed by atoms with E-state index in [0.717, 1.165) is 17.7 Å². The number of nitrogens with one attached hydrogen (secondary N) is 1. The van der Waals surface area contributed by atoms with Crippen LogP contribution in [0, 0.1) is 0 Å². The van der Waals surface area contributed by atoms with Gasteiger partial charge in [0, 0.05) is 11.7 Å². The predicted molar refractivity (Wildman–Crippen MR) is 60.7 cm³/mol. The number of rotatable bonds is 6. The summed E-state index contributed by atoms with van der Waals surface area (Å²) in [5, 5.41) is 3.36. The van der Waals surface area contributed by atoms with Gasteiger partial charge in [0.1, 0.15) is 6.61 Å². The van der Waals surface area contributed by atoms with E-state index in [1.807, 2.05) is 24.3 Å². The van der Waals surface area contributed by atoms with E-state index in [1.165, 1.54) is 0 Å². The fraction of sp³-hybridized carbons (Fsp3) is 0.417. The van der Waals surface area contributed by atoms with Gasteiger partial charge in [-0.3, -0.25) is 4.79 Å². The Morgan fingerprint density at radius 3 is 2.60 bits per heavy atom. The molecule has 0 fully saturated rings. The predicted octanol–water partition coefficient (Wildman–Crippen LogP) is 2.57. The molecule has 0 spiro atoms. The lowest BCUT2D eigenvalue weighted by Gasteiger charge is -2.13. The zero-order valence-electron chi connectivity index (χ0n) is 9.19. The third-order valence-corrected chi connectivity index (χ3v) is 2.30. The molecule has 0 saturated heterocycles. The van der Waals surface area contributed by atoms with Gasteiger partial charge in [0.05, 0.1) is 0 Å². The molecule has 0 aromatic heterocycles. The van der Waals surface area contributed by atoms with E-state index < -0.39 is 0 Å². The van der Waals surface area contributed by atoms with Crippen LogP contribution in [0.15, 0.2) is 24.3 Å². The topological polar surface area (TPSA) is 38.3 Å². The molecule has 0 radical (unpaired) electrons. The molecule has 15 heavy (non-hydrogen) atoms. The highest BCUT2D eigenvalue weighted by atomic mass is 16.5. The van der Waals surface area contributed by atoms with Gasteiger partial charge in [0.2, 0.25) is 0 Å². The molecule has 3 heteroatoms. The second kappa shape index (κ2) is 6.06. The van der Waals surface area contributed by atoms with Crippen LogP contribution in [0.4, 0.5) is 5.69 Å². The summed E-state index contributed by atoms with van der Waals surface area (Å²) in [5.74, 6) is 0. The maximum absolute atomic E-state index is 9.99. The lowest BCUT2D eigenvalue weighted by Crippen LogP contribution is -2.13. The number of anilines is 1. The van der Waals surface area contributed by atoms with Crippen LogP contribution >= 0.6 is 0 Å². The minimum atomic E-state index is 0.340. The molecule has 0 amide bonds. The van der Waals surface area contributed by atoms with Gasteiger partial charge in [0.15, 0.2) is 0 Å². The average Bonchev–Trinajstić information content (AvgIpc) is 2.28. The summed E-state index contributed by atoms with van der Waals surface area (Å²) in [7, 11) is 0. The fourth-order valence-corrected chi connectivity index (χ4v) is 1.21. The molecule has 1 aromatic carbocycles. The van der Waals surface area contributed by atoms with Crippen LogP contribution in [-0.2, 0) is 16.1 Å². The number of hydrogen-bond donors (Lipinski definition) is 1. The van der Waals surface area contributed by atoms with Gasteiger partial charge < -0.3 is 10.1 Å². The van der Waals surface area contributed by atoms with Crippen molar-refractivity contribution in [3.05, 3.63) is 29.8 Å². The van der Waals surface area contributed by atoms with E-state index in [2.05, 4.69) is 23.9 Å². The van der Waals surface area contributed by atoms with Crippen molar-refractivity contribution in [3.63, 3.8) is 0 Å². The minimum Gasteiger partial charge on any atom is -0.463 e. The normalized spacial score (nSPS) is 11.9. The molecule has 0 aliphatic carbocycles. The highest BCUT2D eigenvalue weighted by molar-refractivity contribution is 5.45. The Morgan fingerprint density at radius 1 is 1.40 bits per heavy atom. The third kappa shape index (κ3) is 4.02. The van der Waals surface area contributed by atoms with Crippen molar-refractivity contribution in [2.24, 2.45) is 0 Å². The second-order valence-corrected chi connectivity index (χ2v) is 3.56. The number of benzene rings is 1.